The van der Waals surface area contributed by atoms with Crippen LogP contribution in [0.1, 0.15) is 51.5 Å². The molecule has 1 aromatic carbocycles. The summed E-state index contributed by atoms with van der Waals surface area (Å²) in [6, 6.07) is 7.41. The van der Waals surface area contributed by atoms with Gasteiger partial charge in [-0.05, 0) is 50.1 Å². The molecule has 0 saturated heterocycles. The summed E-state index contributed by atoms with van der Waals surface area (Å²) in [7, 11) is 0. The highest BCUT2D eigenvalue weighted by atomic mass is 79.9. The zero-order valence-corrected chi connectivity index (χ0v) is 18.0. The van der Waals surface area contributed by atoms with Gasteiger partial charge in [-0.15, -0.1) is 0 Å². The topological polar surface area (TPSA) is 94.7 Å². The van der Waals surface area contributed by atoms with Crippen molar-refractivity contribution >= 4 is 39.9 Å². The van der Waals surface area contributed by atoms with E-state index in [0.29, 0.717) is 5.56 Å². The van der Waals surface area contributed by atoms with Gasteiger partial charge in [-0.2, -0.15) is 0 Å². The Balaban J connectivity index is 2.17. The molecule has 2 aromatic rings. The van der Waals surface area contributed by atoms with Gasteiger partial charge in [-0.3, -0.25) is 0 Å². The van der Waals surface area contributed by atoms with Crippen molar-refractivity contribution < 1.29 is 28.6 Å². The zero-order valence-electron chi connectivity index (χ0n) is 16.4. The molecule has 29 heavy (non-hydrogen) atoms. The third-order valence-electron chi connectivity index (χ3n) is 3.91. The summed E-state index contributed by atoms with van der Waals surface area (Å²) in [5, 5.41) is 0. The standard InChI is InChI=1S/C21H22BrNO6/c1-4-27-20(25)18-13(3)19(21(26)28-5-2)23-16(18)12-29-17(24)10-9-14-7-6-8-15(22)11-14/h6-11,23H,4-5,12H2,1-3H3. The van der Waals surface area contributed by atoms with Gasteiger partial charge in [0.25, 0.3) is 0 Å². The van der Waals surface area contributed by atoms with Crippen molar-refractivity contribution in [2.45, 2.75) is 27.4 Å². The largest absolute Gasteiger partial charge is 0.462 e. The molecule has 0 aliphatic rings. The number of carbonyl (C=O) groups excluding carboxylic acids is 3. The van der Waals surface area contributed by atoms with Crippen molar-refractivity contribution in [1.82, 2.24) is 4.98 Å². The van der Waals surface area contributed by atoms with Crippen LogP contribution in [-0.2, 0) is 25.6 Å². The number of aromatic nitrogens is 1. The van der Waals surface area contributed by atoms with Crippen LogP contribution in [0.2, 0.25) is 0 Å². The van der Waals surface area contributed by atoms with Crippen molar-refractivity contribution in [1.29, 1.82) is 0 Å². The first kappa shape index (κ1) is 22.4. The van der Waals surface area contributed by atoms with E-state index in [-0.39, 0.29) is 36.8 Å². The van der Waals surface area contributed by atoms with Crippen molar-refractivity contribution in [3.05, 3.63) is 62.9 Å². The number of benzene rings is 1. The van der Waals surface area contributed by atoms with Gasteiger partial charge in [-0.1, -0.05) is 28.1 Å². The van der Waals surface area contributed by atoms with Crippen LogP contribution in [0.15, 0.2) is 34.8 Å². The third-order valence-corrected chi connectivity index (χ3v) is 4.40. The number of aromatic amines is 1. The molecule has 0 radical (unpaired) electrons. The first-order chi connectivity index (χ1) is 13.9. The van der Waals surface area contributed by atoms with Crippen molar-refractivity contribution in [3.63, 3.8) is 0 Å². The van der Waals surface area contributed by atoms with Crippen LogP contribution < -0.4 is 0 Å². The average Bonchev–Trinajstić information content (AvgIpc) is 3.01. The number of carbonyl (C=O) groups is 3. The van der Waals surface area contributed by atoms with Crippen LogP contribution in [0.3, 0.4) is 0 Å². The summed E-state index contributed by atoms with van der Waals surface area (Å²) in [6.45, 7) is 5.11. The fourth-order valence-electron chi connectivity index (χ4n) is 2.62. The van der Waals surface area contributed by atoms with Gasteiger partial charge in [0.2, 0.25) is 0 Å². The van der Waals surface area contributed by atoms with E-state index in [4.69, 9.17) is 14.2 Å². The van der Waals surface area contributed by atoms with E-state index in [1.54, 1.807) is 26.8 Å². The number of ether oxygens (including phenoxy) is 3. The number of esters is 3. The molecule has 0 fully saturated rings. The highest BCUT2D eigenvalue weighted by Gasteiger charge is 2.26. The molecule has 1 N–H and O–H groups in total. The Morgan fingerprint density at radius 2 is 1.76 bits per heavy atom. The first-order valence-electron chi connectivity index (χ1n) is 9.03. The average molecular weight is 464 g/mol. The second-order valence-corrected chi connectivity index (χ2v) is 6.83. The third kappa shape index (κ3) is 6.05. The molecule has 0 aliphatic carbocycles. The van der Waals surface area contributed by atoms with Crippen molar-refractivity contribution in [2.75, 3.05) is 13.2 Å². The van der Waals surface area contributed by atoms with Gasteiger partial charge in [-0.25, -0.2) is 14.4 Å². The molecule has 0 atom stereocenters. The van der Waals surface area contributed by atoms with Gasteiger partial charge in [0, 0.05) is 10.5 Å². The Morgan fingerprint density at radius 1 is 1.07 bits per heavy atom. The molecular weight excluding hydrogens is 442 g/mol. The molecule has 8 heteroatoms. The molecule has 0 saturated carbocycles. The molecule has 0 bridgehead atoms. The van der Waals surface area contributed by atoms with Gasteiger partial charge < -0.3 is 19.2 Å². The number of H-pyrrole nitrogens is 1. The lowest BCUT2D eigenvalue weighted by Crippen LogP contribution is -2.10. The summed E-state index contributed by atoms with van der Waals surface area (Å²) < 4.78 is 16.2. The molecule has 1 aromatic heterocycles. The smallest absolute Gasteiger partial charge is 0.355 e. The van der Waals surface area contributed by atoms with Crippen LogP contribution >= 0.6 is 15.9 Å². The minimum absolute atomic E-state index is 0.130. The predicted octanol–water partition coefficient (Wildman–Crippen LogP) is 4.20. The highest BCUT2D eigenvalue weighted by Crippen LogP contribution is 2.22. The lowest BCUT2D eigenvalue weighted by molar-refractivity contribution is -0.139. The normalized spacial score (nSPS) is 10.8. The molecule has 1 heterocycles. The maximum atomic E-state index is 12.3. The molecule has 0 spiro atoms. The van der Waals surface area contributed by atoms with Crippen LogP contribution in [-0.4, -0.2) is 36.1 Å². The summed E-state index contributed by atoms with van der Waals surface area (Å²) in [4.78, 5) is 39.3. The molecule has 7 nitrogen and oxygen atoms in total. The van der Waals surface area contributed by atoms with E-state index in [0.717, 1.165) is 10.0 Å². The van der Waals surface area contributed by atoms with Gasteiger partial charge >= 0.3 is 17.9 Å². The fraction of sp³-hybridized carbons (Fsp3) is 0.286. The van der Waals surface area contributed by atoms with Gasteiger partial charge in [0.15, 0.2) is 0 Å². The molecule has 0 amide bonds. The minimum Gasteiger partial charge on any atom is -0.462 e. The number of nitrogens with one attached hydrogen (secondary N) is 1. The van der Waals surface area contributed by atoms with Crippen LogP contribution in [0.5, 0.6) is 0 Å². The van der Waals surface area contributed by atoms with Crippen LogP contribution in [0.25, 0.3) is 6.08 Å². The predicted molar refractivity (Wildman–Crippen MR) is 110 cm³/mol. The van der Waals surface area contributed by atoms with E-state index < -0.39 is 17.9 Å². The monoisotopic (exact) mass is 463 g/mol. The van der Waals surface area contributed by atoms with Crippen LogP contribution in [0, 0.1) is 6.92 Å². The molecule has 2 rings (SSSR count). The van der Waals surface area contributed by atoms with Gasteiger partial charge in [0.1, 0.15) is 12.3 Å². The lowest BCUT2D eigenvalue weighted by atomic mass is 10.1. The summed E-state index contributed by atoms with van der Waals surface area (Å²) in [5.74, 6) is -1.79. The summed E-state index contributed by atoms with van der Waals surface area (Å²) >= 11 is 3.36. The second kappa shape index (κ2) is 10.6. The van der Waals surface area contributed by atoms with Crippen LogP contribution in [0.4, 0.5) is 0 Å². The quantitative estimate of drug-likeness (QED) is 0.358. The Kier molecular flexibility index (Phi) is 8.21. The lowest BCUT2D eigenvalue weighted by Gasteiger charge is -2.05. The molecule has 0 unspecified atom stereocenters. The number of hydrogen-bond acceptors (Lipinski definition) is 6. The molecule has 0 aliphatic heterocycles. The zero-order chi connectivity index (χ0) is 21.4. The number of rotatable bonds is 8. The Labute approximate surface area is 177 Å². The van der Waals surface area contributed by atoms with Crippen molar-refractivity contribution in [3.8, 4) is 0 Å². The fourth-order valence-corrected chi connectivity index (χ4v) is 3.04. The Morgan fingerprint density at radius 3 is 2.41 bits per heavy atom. The SMILES string of the molecule is CCOC(=O)c1[nH]c(COC(=O)C=Cc2cccc(Br)c2)c(C(=O)OCC)c1C. The minimum atomic E-state index is -0.604. The molecule has 154 valence electrons. The highest BCUT2D eigenvalue weighted by molar-refractivity contribution is 9.10. The number of halogens is 1. The number of hydrogen-bond donors (Lipinski definition) is 1. The summed E-state index contributed by atoms with van der Waals surface area (Å²) in [6.07, 6.45) is 2.90. The molecular formula is C21H22BrNO6. The Bertz CT molecular complexity index is 931. The van der Waals surface area contributed by atoms with E-state index in [9.17, 15) is 14.4 Å². The maximum Gasteiger partial charge on any atom is 0.355 e. The van der Waals surface area contributed by atoms with E-state index >= 15 is 0 Å². The summed E-state index contributed by atoms with van der Waals surface area (Å²) in [5.41, 5.74) is 1.78. The first-order valence-corrected chi connectivity index (χ1v) is 9.82. The van der Waals surface area contributed by atoms with Gasteiger partial charge in [0.05, 0.1) is 24.5 Å². The Hall–Kier alpha value is -2.87. The van der Waals surface area contributed by atoms with Crippen molar-refractivity contribution in [2.24, 2.45) is 0 Å². The second-order valence-electron chi connectivity index (χ2n) is 5.92. The maximum absolute atomic E-state index is 12.3. The van der Waals surface area contributed by atoms with E-state index in [1.807, 2.05) is 24.3 Å². The van der Waals surface area contributed by atoms with E-state index in [1.165, 1.54) is 6.08 Å². The van der Waals surface area contributed by atoms with E-state index in [2.05, 4.69) is 20.9 Å².